The average Bonchev–Trinajstić information content (AvgIpc) is 2.43. The van der Waals surface area contributed by atoms with Crippen LogP contribution < -0.4 is 5.32 Å². The van der Waals surface area contributed by atoms with Crippen molar-refractivity contribution in [2.75, 3.05) is 26.7 Å². The Morgan fingerprint density at radius 2 is 2.19 bits per heavy atom. The van der Waals surface area contributed by atoms with E-state index in [1.54, 1.807) is 0 Å². The quantitative estimate of drug-likeness (QED) is 0.774. The van der Waals surface area contributed by atoms with Crippen LogP contribution in [-0.4, -0.2) is 42.7 Å². The number of amides is 1. The van der Waals surface area contributed by atoms with Gasteiger partial charge in [-0.05, 0) is 30.7 Å². The first-order valence-electron chi connectivity index (χ1n) is 7.15. The molecular weight excluding hydrogens is 264 g/mol. The third-order valence-electron chi connectivity index (χ3n) is 2.81. The van der Waals surface area contributed by atoms with Crippen molar-refractivity contribution in [1.82, 2.24) is 10.2 Å². The number of aliphatic hydroxyl groups excluding tert-OH is 1. The van der Waals surface area contributed by atoms with Crippen LogP contribution in [0.5, 0.6) is 0 Å². The number of rotatable bonds is 6. The Morgan fingerprint density at radius 3 is 2.86 bits per heavy atom. The summed E-state index contributed by atoms with van der Waals surface area (Å²) in [5.74, 6) is 6.02. The van der Waals surface area contributed by atoms with E-state index < -0.39 is 0 Å². The number of carbonyl (C=O) groups is 1. The lowest BCUT2D eigenvalue weighted by Gasteiger charge is -2.17. The minimum absolute atomic E-state index is 0.0439. The number of hydrogen-bond donors (Lipinski definition) is 2. The number of benzene rings is 1. The minimum Gasteiger partial charge on any atom is -0.384 e. The van der Waals surface area contributed by atoms with Crippen molar-refractivity contribution in [3.05, 3.63) is 35.4 Å². The summed E-state index contributed by atoms with van der Waals surface area (Å²) in [5.41, 5.74) is 1.97. The maximum absolute atomic E-state index is 11.8. The Balaban J connectivity index is 2.50. The van der Waals surface area contributed by atoms with Crippen molar-refractivity contribution in [1.29, 1.82) is 0 Å². The van der Waals surface area contributed by atoms with Gasteiger partial charge in [-0.15, -0.1) is 0 Å². The molecule has 4 heteroatoms. The van der Waals surface area contributed by atoms with Crippen molar-refractivity contribution >= 4 is 5.91 Å². The molecule has 0 spiro atoms. The lowest BCUT2D eigenvalue weighted by Crippen LogP contribution is -2.36. The molecular formula is C17H24N2O2. The molecule has 0 bridgehead atoms. The molecule has 0 fully saturated rings. The van der Waals surface area contributed by atoms with Crippen molar-refractivity contribution in [2.24, 2.45) is 5.92 Å². The van der Waals surface area contributed by atoms with E-state index in [1.807, 2.05) is 36.2 Å². The Labute approximate surface area is 127 Å². The number of carbonyl (C=O) groups excluding carboxylic acids is 1. The number of aliphatic hydroxyl groups is 1. The number of nitrogens with zero attached hydrogens (tertiary/aromatic N) is 1. The average molecular weight is 288 g/mol. The van der Waals surface area contributed by atoms with Gasteiger partial charge in [0.25, 0.3) is 0 Å². The fourth-order valence-electron chi connectivity index (χ4n) is 1.88. The van der Waals surface area contributed by atoms with Gasteiger partial charge in [-0.25, -0.2) is 0 Å². The molecule has 0 aromatic heterocycles. The van der Waals surface area contributed by atoms with Crippen LogP contribution in [-0.2, 0) is 11.3 Å². The van der Waals surface area contributed by atoms with Gasteiger partial charge in [-0.3, -0.25) is 9.69 Å². The van der Waals surface area contributed by atoms with Crippen molar-refractivity contribution in [3.63, 3.8) is 0 Å². The van der Waals surface area contributed by atoms with Crippen LogP contribution in [0.2, 0.25) is 0 Å². The Morgan fingerprint density at radius 1 is 1.43 bits per heavy atom. The van der Waals surface area contributed by atoms with Crippen LogP contribution in [0, 0.1) is 17.8 Å². The summed E-state index contributed by atoms with van der Waals surface area (Å²) in [6, 6.07) is 7.82. The van der Waals surface area contributed by atoms with Gasteiger partial charge >= 0.3 is 0 Å². The first-order valence-corrected chi connectivity index (χ1v) is 7.15. The molecule has 0 atom stereocenters. The maximum atomic E-state index is 11.8. The van der Waals surface area contributed by atoms with E-state index in [0.717, 1.165) is 11.1 Å². The molecule has 0 saturated heterocycles. The van der Waals surface area contributed by atoms with Gasteiger partial charge < -0.3 is 10.4 Å². The topological polar surface area (TPSA) is 52.6 Å². The number of likely N-dealkylation sites (N-methyl/N-ethyl adjacent to an activating group) is 1. The third kappa shape index (κ3) is 7.50. The van der Waals surface area contributed by atoms with E-state index in [2.05, 4.69) is 31.0 Å². The molecule has 1 amide bonds. The highest BCUT2D eigenvalue weighted by molar-refractivity contribution is 5.77. The summed E-state index contributed by atoms with van der Waals surface area (Å²) >= 11 is 0. The molecule has 1 aromatic carbocycles. The second-order valence-corrected chi connectivity index (χ2v) is 5.53. The first-order chi connectivity index (χ1) is 10.0. The lowest BCUT2D eigenvalue weighted by atomic mass is 10.1. The van der Waals surface area contributed by atoms with E-state index in [1.165, 1.54) is 0 Å². The zero-order chi connectivity index (χ0) is 15.7. The van der Waals surface area contributed by atoms with E-state index in [4.69, 9.17) is 5.11 Å². The Hall–Kier alpha value is -1.83. The summed E-state index contributed by atoms with van der Waals surface area (Å²) < 4.78 is 0. The summed E-state index contributed by atoms with van der Waals surface area (Å²) in [7, 11) is 1.92. The number of nitrogens with one attached hydrogen (secondary N) is 1. The highest BCUT2D eigenvalue weighted by Crippen LogP contribution is 2.06. The van der Waals surface area contributed by atoms with E-state index >= 15 is 0 Å². The zero-order valence-electron chi connectivity index (χ0n) is 13.0. The smallest absolute Gasteiger partial charge is 0.234 e. The van der Waals surface area contributed by atoms with Gasteiger partial charge in [-0.2, -0.15) is 0 Å². The molecule has 0 aliphatic heterocycles. The van der Waals surface area contributed by atoms with Crippen LogP contribution in [0.25, 0.3) is 0 Å². The summed E-state index contributed by atoms with van der Waals surface area (Å²) in [5, 5.41) is 11.6. The zero-order valence-corrected chi connectivity index (χ0v) is 13.0. The molecule has 0 radical (unpaired) electrons. The van der Waals surface area contributed by atoms with Crippen LogP contribution >= 0.6 is 0 Å². The van der Waals surface area contributed by atoms with E-state index in [-0.39, 0.29) is 12.5 Å². The molecule has 1 aromatic rings. The predicted octanol–water partition coefficient (Wildman–Crippen LogP) is 1.23. The van der Waals surface area contributed by atoms with Crippen LogP contribution in [0.1, 0.15) is 25.0 Å². The fourth-order valence-corrected chi connectivity index (χ4v) is 1.88. The monoisotopic (exact) mass is 288 g/mol. The molecule has 2 N–H and O–H groups in total. The third-order valence-corrected chi connectivity index (χ3v) is 2.81. The first kappa shape index (κ1) is 17.2. The van der Waals surface area contributed by atoms with Crippen molar-refractivity contribution < 1.29 is 9.90 Å². The van der Waals surface area contributed by atoms with Crippen LogP contribution in [0.3, 0.4) is 0 Å². The molecule has 0 aliphatic rings. The van der Waals surface area contributed by atoms with Crippen LogP contribution in [0.4, 0.5) is 0 Å². The van der Waals surface area contributed by atoms with E-state index in [9.17, 15) is 4.79 Å². The van der Waals surface area contributed by atoms with Gasteiger partial charge in [0.1, 0.15) is 6.61 Å². The fraction of sp³-hybridized carbons (Fsp3) is 0.471. The highest BCUT2D eigenvalue weighted by Gasteiger charge is 2.07. The van der Waals surface area contributed by atoms with Gasteiger partial charge in [0.2, 0.25) is 5.91 Å². The highest BCUT2D eigenvalue weighted by atomic mass is 16.2. The van der Waals surface area contributed by atoms with Crippen molar-refractivity contribution in [2.45, 2.75) is 20.4 Å². The van der Waals surface area contributed by atoms with Crippen molar-refractivity contribution in [3.8, 4) is 11.8 Å². The molecule has 0 heterocycles. The maximum Gasteiger partial charge on any atom is 0.234 e. The second kappa shape index (κ2) is 9.17. The van der Waals surface area contributed by atoms with Gasteiger partial charge in [0, 0.05) is 18.7 Å². The molecule has 114 valence electrons. The van der Waals surface area contributed by atoms with Gasteiger partial charge in [0.05, 0.1) is 6.54 Å². The van der Waals surface area contributed by atoms with Gasteiger partial charge in [-0.1, -0.05) is 37.8 Å². The lowest BCUT2D eigenvalue weighted by molar-refractivity contribution is -0.122. The van der Waals surface area contributed by atoms with Crippen LogP contribution in [0.15, 0.2) is 24.3 Å². The molecule has 0 saturated carbocycles. The van der Waals surface area contributed by atoms with E-state index in [0.29, 0.717) is 25.6 Å². The summed E-state index contributed by atoms with van der Waals surface area (Å²) in [6.07, 6.45) is 0. The molecule has 0 unspecified atom stereocenters. The molecule has 0 aliphatic carbocycles. The summed E-state index contributed by atoms with van der Waals surface area (Å²) in [4.78, 5) is 13.7. The number of hydrogen-bond acceptors (Lipinski definition) is 3. The largest absolute Gasteiger partial charge is 0.384 e. The summed E-state index contributed by atoms with van der Waals surface area (Å²) in [6.45, 7) is 5.77. The SMILES string of the molecule is CC(C)CNC(=O)CN(C)Cc1cccc(C#CCO)c1. The molecule has 1 rings (SSSR count). The Bertz CT molecular complexity index is 515. The standard InChI is InChI=1S/C17H24N2O2/c1-14(2)11-18-17(21)13-19(3)12-16-7-4-6-15(10-16)8-5-9-20/h4,6-7,10,14,20H,9,11-13H2,1-3H3,(H,18,21). The van der Waals surface area contributed by atoms with Gasteiger partial charge in [0.15, 0.2) is 0 Å². The Kier molecular flexibility index (Phi) is 7.52. The predicted molar refractivity (Wildman–Crippen MR) is 84.6 cm³/mol. The normalized spacial score (nSPS) is 10.4. The molecule has 4 nitrogen and oxygen atoms in total. The minimum atomic E-state index is -0.139. The molecule has 21 heavy (non-hydrogen) atoms. The second-order valence-electron chi connectivity index (χ2n) is 5.53.